The zero-order valence-corrected chi connectivity index (χ0v) is 18.3. The maximum atomic E-state index is 13.3. The molecule has 2 heterocycles. The molecule has 0 amide bonds. The molecule has 0 radical (unpaired) electrons. The third kappa shape index (κ3) is 3.99. The molecule has 1 aliphatic heterocycles. The van der Waals surface area contributed by atoms with Crippen LogP contribution in [0.15, 0.2) is 29.3 Å². The molecule has 2 atom stereocenters. The first-order chi connectivity index (χ1) is 14.0. The minimum absolute atomic E-state index is 0.0250. The molecular formula is C22H28N4O4. The van der Waals surface area contributed by atoms with Gasteiger partial charge in [-0.3, -0.25) is 19.6 Å². The summed E-state index contributed by atoms with van der Waals surface area (Å²) in [6.45, 7) is 9.23. The zero-order valence-electron chi connectivity index (χ0n) is 18.3. The summed E-state index contributed by atoms with van der Waals surface area (Å²) in [7, 11) is 1.80. The summed E-state index contributed by atoms with van der Waals surface area (Å²) in [4.78, 5) is 29.4. The molecule has 2 aromatic rings. The maximum absolute atomic E-state index is 13.3. The fraction of sp³-hybridized carbons (Fsp3) is 0.500. The summed E-state index contributed by atoms with van der Waals surface area (Å²) in [5.74, 6) is -1.16. The molecule has 0 saturated heterocycles. The maximum Gasteiger partial charge on any atom is 0.316 e. The number of aromatic nitrogens is 2. The van der Waals surface area contributed by atoms with Crippen molar-refractivity contribution >= 4 is 23.2 Å². The Labute approximate surface area is 176 Å². The van der Waals surface area contributed by atoms with Gasteiger partial charge in [0.05, 0.1) is 10.6 Å². The number of hydrogen-bond acceptors (Lipinski definition) is 6. The molecule has 0 fully saturated rings. The Bertz CT molecular complexity index is 1020. The summed E-state index contributed by atoms with van der Waals surface area (Å²) < 4.78 is 7.40. The third-order valence-electron chi connectivity index (χ3n) is 5.12. The number of esters is 1. The second-order valence-electron chi connectivity index (χ2n) is 8.62. The highest BCUT2D eigenvalue weighted by Gasteiger charge is 2.44. The van der Waals surface area contributed by atoms with E-state index in [4.69, 9.17) is 4.74 Å². The Hall–Kier alpha value is -3.03. The van der Waals surface area contributed by atoms with Gasteiger partial charge in [-0.05, 0) is 34.1 Å². The normalized spacial score (nSPS) is 18.5. The molecule has 3 rings (SSSR count). The molecule has 160 valence electrons. The Balaban J connectivity index is 2.29. The lowest BCUT2D eigenvalue weighted by Crippen LogP contribution is -2.37. The number of nitrogens with zero attached hydrogens (tertiary/aromatic N) is 4. The van der Waals surface area contributed by atoms with Gasteiger partial charge in [-0.15, -0.1) is 0 Å². The van der Waals surface area contributed by atoms with Gasteiger partial charge in [0, 0.05) is 35.9 Å². The van der Waals surface area contributed by atoms with E-state index >= 15 is 0 Å². The van der Waals surface area contributed by atoms with Crippen molar-refractivity contribution in [2.45, 2.75) is 59.0 Å². The monoisotopic (exact) mass is 412 g/mol. The van der Waals surface area contributed by atoms with E-state index in [1.54, 1.807) is 57.6 Å². The molecule has 2 unspecified atom stereocenters. The number of para-hydroxylation sites is 1. The smallest absolute Gasteiger partial charge is 0.316 e. The van der Waals surface area contributed by atoms with Crippen molar-refractivity contribution in [2.75, 3.05) is 0 Å². The molecule has 0 N–H and O–H groups in total. The Kier molecular flexibility index (Phi) is 5.78. The Morgan fingerprint density at radius 3 is 2.57 bits per heavy atom. The molecule has 0 bridgehead atoms. The summed E-state index contributed by atoms with van der Waals surface area (Å²) in [6, 6.07) is 6.57. The van der Waals surface area contributed by atoms with Gasteiger partial charge in [0.15, 0.2) is 5.82 Å². The number of aryl methyl sites for hydroxylation is 2. The molecule has 1 aliphatic rings. The van der Waals surface area contributed by atoms with E-state index in [0.29, 0.717) is 23.5 Å². The average molecular weight is 412 g/mol. The van der Waals surface area contributed by atoms with Crippen LogP contribution in [0.3, 0.4) is 0 Å². The highest BCUT2D eigenvalue weighted by Crippen LogP contribution is 2.47. The number of benzene rings is 1. The van der Waals surface area contributed by atoms with Gasteiger partial charge in [0.25, 0.3) is 5.69 Å². The lowest BCUT2D eigenvalue weighted by Gasteiger charge is -2.32. The molecule has 0 spiro atoms. The SMILES string of the molecule is CCCc1nn(C)c2c1C(c1ccccc1[N+](=O)[O-])C(C(=O)OC(C)(C)C)C(C)=N2. The van der Waals surface area contributed by atoms with E-state index in [1.807, 2.05) is 6.92 Å². The van der Waals surface area contributed by atoms with Crippen LogP contribution in [-0.4, -0.2) is 32.0 Å². The standard InChI is InChI=1S/C22H28N4O4/c1-7-10-15-19-18(14-11-8-9-12-16(14)26(28)29)17(21(27)30-22(3,4)5)13(2)23-20(19)25(6)24-15/h8-9,11-12,17-18H,7,10H2,1-6H3. The first-order valence-electron chi connectivity index (χ1n) is 10.1. The number of rotatable bonds is 5. The lowest BCUT2D eigenvalue weighted by atomic mass is 9.75. The van der Waals surface area contributed by atoms with Crippen LogP contribution in [0.4, 0.5) is 11.5 Å². The minimum atomic E-state index is -0.766. The van der Waals surface area contributed by atoms with E-state index in [9.17, 15) is 14.9 Å². The van der Waals surface area contributed by atoms with Crippen molar-refractivity contribution in [1.29, 1.82) is 0 Å². The summed E-state index contributed by atoms with van der Waals surface area (Å²) in [5, 5.41) is 16.4. The molecule has 8 nitrogen and oxygen atoms in total. The largest absolute Gasteiger partial charge is 0.459 e. The topological polar surface area (TPSA) is 99.6 Å². The first kappa shape index (κ1) is 21.7. The van der Waals surface area contributed by atoms with Crippen molar-refractivity contribution in [3.63, 3.8) is 0 Å². The van der Waals surface area contributed by atoms with Crippen molar-refractivity contribution in [1.82, 2.24) is 9.78 Å². The molecule has 8 heteroatoms. The highest BCUT2D eigenvalue weighted by molar-refractivity contribution is 6.05. The third-order valence-corrected chi connectivity index (χ3v) is 5.12. The highest BCUT2D eigenvalue weighted by atomic mass is 16.6. The van der Waals surface area contributed by atoms with Gasteiger partial charge in [-0.2, -0.15) is 5.10 Å². The molecule has 0 aliphatic carbocycles. The Morgan fingerprint density at radius 1 is 1.30 bits per heavy atom. The van der Waals surface area contributed by atoms with Crippen LogP contribution in [0.2, 0.25) is 0 Å². The van der Waals surface area contributed by atoms with Crippen molar-refractivity contribution < 1.29 is 14.5 Å². The van der Waals surface area contributed by atoms with Gasteiger partial charge in [-0.25, -0.2) is 4.99 Å². The van der Waals surface area contributed by atoms with Crippen LogP contribution < -0.4 is 0 Å². The van der Waals surface area contributed by atoms with E-state index in [1.165, 1.54) is 6.07 Å². The van der Waals surface area contributed by atoms with Gasteiger partial charge in [0.2, 0.25) is 0 Å². The summed E-state index contributed by atoms with van der Waals surface area (Å²) >= 11 is 0. The first-order valence-corrected chi connectivity index (χ1v) is 10.1. The number of aliphatic imine (C=N–C) groups is 1. The van der Waals surface area contributed by atoms with E-state index in [2.05, 4.69) is 10.1 Å². The van der Waals surface area contributed by atoms with Crippen LogP contribution in [0.5, 0.6) is 0 Å². The van der Waals surface area contributed by atoms with Gasteiger partial charge < -0.3 is 4.74 Å². The lowest BCUT2D eigenvalue weighted by molar-refractivity contribution is -0.385. The molecule has 30 heavy (non-hydrogen) atoms. The van der Waals surface area contributed by atoms with Crippen LogP contribution in [-0.2, 0) is 23.0 Å². The quantitative estimate of drug-likeness (QED) is 0.410. The second-order valence-corrected chi connectivity index (χ2v) is 8.62. The predicted molar refractivity (Wildman–Crippen MR) is 114 cm³/mol. The van der Waals surface area contributed by atoms with E-state index < -0.39 is 28.3 Å². The van der Waals surface area contributed by atoms with Gasteiger partial charge >= 0.3 is 5.97 Å². The second kappa shape index (κ2) is 8.01. The van der Waals surface area contributed by atoms with Crippen molar-refractivity contribution in [3.8, 4) is 0 Å². The van der Waals surface area contributed by atoms with Gasteiger partial charge in [-0.1, -0.05) is 31.5 Å². The number of nitro groups is 1. The number of ether oxygens (including phenoxy) is 1. The fourth-order valence-electron chi connectivity index (χ4n) is 4.03. The van der Waals surface area contributed by atoms with Crippen molar-refractivity contribution in [2.24, 2.45) is 18.0 Å². The predicted octanol–water partition coefficient (Wildman–Crippen LogP) is 4.48. The number of carbonyl (C=O) groups is 1. The average Bonchev–Trinajstić information content (AvgIpc) is 2.94. The van der Waals surface area contributed by atoms with E-state index in [-0.39, 0.29) is 5.69 Å². The number of fused-ring (bicyclic) bond motifs is 1. The summed E-state index contributed by atoms with van der Waals surface area (Å²) in [6.07, 6.45) is 1.54. The van der Waals surface area contributed by atoms with Gasteiger partial charge in [0.1, 0.15) is 11.5 Å². The molecule has 0 saturated carbocycles. The Morgan fingerprint density at radius 2 is 1.97 bits per heavy atom. The minimum Gasteiger partial charge on any atom is -0.459 e. The number of nitro benzene ring substituents is 1. The molecular weight excluding hydrogens is 384 g/mol. The van der Waals surface area contributed by atoms with Crippen LogP contribution in [0.25, 0.3) is 0 Å². The zero-order chi connectivity index (χ0) is 22.2. The molecule has 1 aromatic heterocycles. The van der Waals surface area contributed by atoms with Crippen LogP contribution >= 0.6 is 0 Å². The summed E-state index contributed by atoms with van der Waals surface area (Å²) in [5.41, 5.74) is 1.90. The van der Waals surface area contributed by atoms with Crippen LogP contribution in [0.1, 0.15) is 63.8 Å². The fourth-order valence-corrected chi connectivity index (χ4v) is 4.03. The van der Waals surface area contributed by atoms with Crippen molar-refractivity contribution in [3.05, 3.63) is 51.2 Å². The number of carbonyl (C=O) groups excluding carboxylic acids is 1. The number of hydrogen-bond donors (Lipinski definition) is 0. The van der Waals surface area contributed by atoms with E-state index in [0.717, 1.165) is 17.7 Å². The van der Waals surface area contributed by atoms with Crippen LogP contribution in [0, 0.1) is 16.0 Å². The molecule has 1 aromatic carbocycles.